The van der Waals surface area contributed by atoms with Gasteiger partial charge in [0.2, 0.25) is 5.91 Å². The summed E-state index contributed by atoms with van der Waals surface area (Å²) in [6.45, 7) is 7.67. The Morgan fingerprint density at radius 2 is 1.47 bits per heavy atom. The van der Waals surface area contributed by atoms with E-state index in [1.54, 1.807) is 7.11 Å². The number of carbonyl (C=O) groups excluding carboxylic acids is 1. The van der Waals surface area contributed by atoms with Crippen molar-refractivity contribution in [3.8, 4) is 16.9 Å². The number of nitrogens with zero attached hydrogens (tertiary/aromatic N) is 3. The number of rotatable bonds is 15. The Kier molecular flexibility index (Phi) is 11.2. The van der Waals surface area contributed by atoms with Crippen molar-refractivity contribution in [3.05, 3.63) is 143 Å². The van der Waals surface area contributed by atoms with Gasteiger partial charge in [-0.05, 0) is 78.7 Å². The van der Waals surface area contributed by atoms with Crippen LogP contribution >= 0.6 is 0 Å². The largest absolute Gasteiger partial charge is 0.496 e. The number of aromatic nitrogens is 2. The second kappa shape index (κ2) is 15.9. The third-order valence-electron chi connectivity index (χ3n) is 8.22. The van der Waals surface area contributed by atoms with E-state index in [4.69, 9.17) is 4.74 Å². The summed E-state index contributed by atoms with van der Waals surface area (Å²) in [5.41, 5.74) is 9.22. The van der Waals surface area contributed by atoms with Crippen LogP contribution in [-0.2, 0) is 37.3 Å². The summed E-state index contributed by atoms with van der Waals surface area (Å²) in [5.74, 6) is 0.946. The quantitative estimate of drug-likeness (QED) is 0.130. The fraction of sp³-hybridized carbons (Fsp3) is 0.282. The first kappa shape index (κ1) is 31.7. The Morgan fingerprint density at radius 1 is 0.800 bits per heavy atom. The van der Waals surface area contributed by atoms with Gasteiger partial charge >= 0.3 is 0 Å². The van der Waals surface area contributed by atoms with E-state index in [-0.39, 0.29) is 5.91 Å². The number of para-hydroxylation sites is 1. The van der Waals surface area contributed by atoms with E-state index in [1.165, 1.54) is 22.3 Å². The van der Waals surface area contributed by atoms with Gasteiger partial charge in [-0.25, -0.2) is 0 Å². The van der Waals surface area contributed by atoms with E-state index < -0.39 is 0 Å². The molecule has 4 aromatic carbocycles. The summed E-state index contributed by atoms with van der Waals surface area (Å²) >= 11 is 0. The van der Waals surface area contributed by atoms with E-state index in [1.807, 2.05) is 40.8 Å². The lowest BCUT2D eigenvalue weighted by Crippen LogP contribution is -2.34. The van der Waals surface area contributed by atoms with Crippen LogP contribution in [0.5, 0.6) is 5.75 Å². The molecule has 1 aromatic heterocycles. The Balaban J connectivity index is 1.19. The van der Waals surface area contributed by atoms with Crippen LogP contribution in [0.15, 0.2) is 109 Å². The average Bonchev–Trinajstić information content (AvgIpc) is 3.41. The first-order valence-corrected chi connectivity index (χ1v) is 15.8. The number of benzene rings is 4. The van der Waals surface area contributed by atoms with E-state index in [9.17, 15) is 4.79 Å². The summed E-state index contributed by atoms with van der Waals surface area (Å²) in [5, 5.41) is 8.16. The van der Waals surface area contributed by atoms with Gasteiger partial charge in [-0.2, -0.15) is 5.10 Å². The molecule has 0 aliphatic heterocycles. The number of nitrogens with one attached hydrogen (secondary N) is 1. The van der Waals surface area contributed by atoms with Gasteiger partial charge in [-0.3, -0.25) is 9.48 Å². The van der Waals surface area contributed by atoms with Crippen LogP contribution in [0.2, 0.25) is 0 Å². The maximum Gasteiger partial charge on any atom is 0.223 e. The molecular weight excluding hydrogens is 556 g/mol. The average molecular weight is 601 g/mol. The number of methoxy groups -OCH3 is 1. The van der Waals surface area contributed by atoms with E-state index in [0.717, 1.165) is 47.8 Å². The molecule has 0 atom stereocenters. The van der Waals surface area contributed by atoms with Gasteiger partial charge < -0.3 is 15.0 Å². The minimum absolute atomic E-state index is 0.125. The molecule has 0 aliphatic carbocycles. The van der Waals surface area contributed by atoms with Gasteiger partial charge in [0.1, 0.15) is 5.75 Å². The van der Waals surface area contributed by atoms with Crippen LogP contribution in [0.4, 0.5) is 0 Å². The summed E-state index contributed by atoms with van der Waals surface area (Å²) in [7, 11) is 1.67. The maximum absolute atomic E-state index is 13.6. The monoisotopic (exact) mass is 600 g/mol. The van der Waals surface area contributed by atoms with Crippen molar-refractivity contribution >= 4 is 5.91 Å². The van der Waals surface area contributed by atoms with Gasteiger partial charge in [-0.15, -0.1) is 0 Å². The molecule has 6 nitrogen and oxygen atoms in total. The van der Waals surface area contributed by atoms with Gasteiger partial charge in [0.15, 0.2) is 0 Å². The molecule has 232 valence electrons. The number of hydrogen-bond donors (Lipinski definition) is 1. The Morgan fingerprint density at radius 3 is 2.13 bits per heavy atom. The highest BCUT2D eigenvalue weighted by Gasteiger charge is 2.16. The molecule has 1 amide bonds. The maximum atomic E-state index is 13.6. The number of amides is 1. The highest BCUT2D eigenvalue weighted by molar-refractivity contribution is 5.76. The summed E-state index contributed by atoms with van der Waals surface area (Å²) < 4.78 is 7.49. The Bertz CT molecular complexity index is 1640. The van der Waals surface area contributed by atoms with Crippen molar-refractivity contribution in [2.24, 2.45) is 0 Å². The first-order chi connectivity index (χ1) is 22.0. The topological polar surface area (TPSA) is 59.4 Å². The van der Waals surface area contributed by atoms with Crippen LogP contribution in [-0.4, -0.2) is 40.8 Å². The van der Waals surface area contributed by atoms with Gasteiger partial charge in [-0.1, -0.05) is 97.1 Å². The predicted octanol–water partition coefficient (Wildman–Crippen LogP) is 7.17. The molecular formula is C39H44N4O2. The fourth-order valence-electron chi connectivity index (χ4n) is 5.67. The third kappa shape index (κ3) is 9.16. The SMILES string of the molecule is COc1ccccc1CCC(=O)N(CCn1nc(C)cc1C)Cc1ccc(-c2ccc(CNCCc3ccccc3)cc2)cc1. The van der Waals surface area contributed by atoms with Crippen LogP contribution < -0.4 is 10.1 Å². The molecule has 1 N–H and O–H groups in total. The van der Waals surface area contributed by atoms with Gasteiger partial charge in [0.05, 0.1) is 19.3 Å². The Hall–Kier alpha value is -4.68. The van der Waals surface area contributed by atoms with Crippen LogP contribution in [0, 0.1) is 13.8 Å². The van der Waals surface area contributed by atoms with E-state index in [0.29, 0.717) is 32.5 Å². The fourth-order valence-corrected chi connectivity index (χ4v) is 5.67. The smallest absolute Gasteiger partial charge is 0.223 e. The molecule has 0 unspecified atom stereocenters. The highest BCUT2D eigenvalue weighted by Crippen LogP contribution is 2.22. The second-order valence-electron chi connectivity index (χ2n) is 11.6. The van der Waals surface area contributed by atoms with Crippen molar-refractivity contribution in [2.45, 2.75) is 52.7 Å². The summed E-state index contributed by atoms with van der Waals surface area (Å²) in [6.07, 6.45) is 2.08. The van der Waals surface area contributed by atoms with Crippen LogP contribution in [0.3, 0.4) is 0 Å². The standard InChI is InChI=1S/C39H44N4O2/c1-30-27-31(2)43(41-30)26-25-42(39(44)22-21-37-11-7-8-12-38(37)45-3)29-34-15-19-36(20-16-34)35-17-13-33(14-18-35)28-40-24-23-32-9-5-4-6-10-32/h4-20,27,40H,21-26,28-29H2,1-3H3. The first-order valence-electron chi connectivity index (χ1n) is 15.8. The lowest BCUT2D eigenvalue weighted by Gasteiger charge is -2.24. The molecule has 5 rings (SSSR count). The predicted molar refractivity (Wildman–Crippen MR) is 182 cm³/mol. The van der Waals surface area contributed by atoms with Crippen LogP contribution in [0.1, 0.15) is 40.1 Å². The van der Waals surface area contributed by atoms with E-state index in [2.05, 4.69) is 102 Å². The lowest BCUT2D eigenvalue weighted by atomic mass is 10.0. The summed E-state index contributed by atoms with van der Waals surface area (Å²) in [4.78, 5) is 15.5. The second-order valence-corrected chi connectivity index (χ2v) is 11.6. The normalized spacial score (nSPS) is 11.0. The molecule has 45 heavy (non-hydrogen) atoms. The zero-order valence-electron chi connectivity index (χ0n) is 26.7. The van der Waals surface area contributed by atoms with Crippen molar-refractivity contribution in [3.63, 3.8) is 0 Å². The number of ether oxygens (including phenoxy) is 1. The van der Waals surface area contributed by atoms with E-state index >= 15 is 0 Å². The van der Waals surface area contributed by atoms with Crippen molar-refractivity contribution in [1.82, 2.24) is 20.0 Å². The number of aryl methyl sites for hydroxylation is 3. The molecule has 0 spiro atoms. The minimum Gasteiger partial charge on any atom is -0.496 e. The molecule has 0 aliphatic rings. The lowest BCUT2D eigenvalue weighted by molar-refractivity contribution is -0.132. The highest BCUT2D eigenvalue weighted by atomic mass is 16.5. The summed E-state index contributed by atoms with van der Waals surface area (Å²) in [6, 6.07) is 37.9. The molecule has 6 heteroatoms. The van der Waals surface area contributed by atoms with Crippen LogP contribution in [0.25, 0.3) is 11.1 Å². The van der Waals surface area contributed by atoms with Crippen molar-refractivity contribution in [2.75, 3.05) is 20.2 Å². The molecule has 1 heterocycles. The molecule has 0 fully saturated rings. The van der Waals surface area contributed by atoms with Crippen molar-refractivity contribution in [1.29, 1.82) is 0 Å². The molecule has 0 saturated heterocycles. The molecule has 0 radical (unpaired) electrons. The van der Waals surface area contributed by atoms with Crippen molar-refractivity contribution < 1.29 is 9.53 Å². The van der Waals surface area contributed by atoms with Gasteiger partial charge in [0, 0.05) is 31.7 Å². The number of carbonyl (C=O) groups is 1. The molecule has 0 bridgehead atoms. The zero-order chi connectivity index (χ0) is 31.4. The number of hydrogen-bond acceptors (Lipinski definition) is 4. The minimum atomic E-state index is 0.125. The third-order valence-corrected chi connectivity index (χ3v) is 8.22. The van der Waals surface area contributed by atoms with Gasteiger partial charge in [0.25, 0.3) is 0 Å². The molecule has 5 aromatic rings. The Labute approximate surface area is 267 Å². The zero-order valence-corrected chi connectivity index (χ0v) is 26.7. The molecule has 0 saturated carbocycles.